The van der Waals surface area contributed by atoms with Gasteiger partial charge >= 0.3 is 0 Å². The van der Waals surface area contributed by atoms with Crippen LogP contribution in [0.5, 0.6) is 11.5 Å². The first-order chi connectivity index (χ1) is 13.0. The van der Waals surface area contributed by atoms with Crippen LogP contribution >= 0.6 is 11.6 Å². The molecule has 0 saturated carbocycles. The van der Waals surface area contributed by atoms with Crippen molar-refractivity contribution in [1.29, 1.82) is 0 Å². The Morgan fingerprint density at radius 1 is 1.30 bits per heavy atom. The van der Waals surface area contributed by atoms with E-state index in [0.717, 1.165) is 17.0 Å². The van der Waals surface area contributed by atoms with Gasteiger partial charge in [-0.05, 0) is 26.0 Å². The van der Waals surface area contributed by atoms with Crippen molar-refractivity contribution < 1.29 is 18.8 Å². The Morgan fingerprint density at radius 3 is 2.89 bits per heavy atom. The zero-order valence-corrected chi connectivity index (χ0v) is 15.5. The number of carbonyl (C=O) groups excluding carboxylic acids is 1. The second-order valence-corrected chi connectivity index (χ2v) is 6.57. The molecule has 1 aliphatic rings. The summed E-state index contributed by atoms with van der Waals surface area (Å²) in [5.41, 5.74) is 2.73. The number of benzene rings is 1. The molecule has 0 unspecified atom stereocenters. The summed E-state index contributed by atoms with van der Waals surface area (Å²) >= 11 is 6.19. The third-order valence-corrected chi connectivity index (χ3v) is 4.53. The lowest BCUT2D eigenvalue weighted by atomic mass is 10.1. The molecule has 3 heterocycles. The van der Waals surface area contributed by atoms with Gasteiger partial charge in [0.05, 0.1) is 29.1 Å². The number of amides is 1. The van der Waals surface area contributed by atoms with Gasteiger partial charge in [0.2, 0.25) is 0 Å². The van der Waals surface area contributed by atoms with Crippen LogP contribution in [0.15, 0.2) is 29.0 Å². The van der Waals surface area contributed by atoms with Gasteiger partial charge in [0.15, 0.2) is 11.5 Å². The minimum Gasteiger partial charge on any atom is -0.486 e. The lowest BCUT2D eigenvalue weighted by Crippen LogP contribution is -2.17. The van der Waals surface area contributed by atoms with Gasteiger partial charge in [-0.15, -0.1) is 0 Å². The Labute approximate surface area is 160 Å². The molecule has 0 saturated heterocycles. The van der Waals surface area contributed by atoms with E-state index in [4.69, 9.17) is 25.6 Å². The van der Waals surface area contributed by atoms with E-state index >= 15 is 0 Å². The van der Waals surface area contributed by atoms with Crippen molar-refractivity contribution >= 4 is 23.2 Å². The highest BCUT2D eigenvalue weighted by molar-refractivity contribution is 6.32. The van der Waals surface area contributed by atoms with Crippen LogP contribution in [0.1, 0.15) is 27.4 Å². The molecule has 1 amide bonds. The molecule has 1 aromatic carbocycles. The monoisotopic (exact) mass is 388 g/mol. The predicted octanol–water partition coefficient (Wildman–Crippen LogP) is 3.21. The molecular weight excluding hydrogens is 372 g/mol. The number of aryl methyl sites for hydroxylation is 2. The average Bonchev–Trinajstić information content (AvgIpc) is 3.23. The van der Waals surface area contributed by atoms with Crippen LogP contribution in [-0.2, 0) is 6.54 Å². The summed E-state index contributed by atoms with van der Waals surface area (Å²) in [4.78, 5) is 12.6. The Kier molecular flexibility index (Phi) is 4.49. The summed E-state index contributed by atoms with van der Waals surface area (Å²) in [6.45, 7) is 5.09. The summed E-state index contributed by atoms with van der Waals surface area (Å²) in [5.74, 6) is 1.37. The second-order valence-electron chi connectivity index (χ2n) is 6.17. The Bertz CT molecular complexity index is 991. The van der Waals surface area contributed by atoms with Crippen LogP contribution < -0.4 is 14.8 Å². The summed E-state index contributed by atoms with van der Waals surface area (Å²) in [7, 11) is 0. The van der Waals surface area contributed by atoms with Crippen LogP contribution in [0.4, 0.5) is 5.69 Å². The van der Waals surface area contributed by atoms with E-state index in [1.165, 1.54) is 0 Å². The van der Waals surface area contributed by atoms with Crippen molar-refractivity contribution in [3.05, 3.63) is 52.1 Å². The number of nitrogens with one attached hydrogen (secondary N) is 1. The molecule has 4 rings (SSSR count). The van der Waals surface area contributed by atoms with Crippen LogP contribution in [0.2, 0.25) is 5.02 Å². The molecule has 0 aliphatic carbocycles. The van der Waals surface area contributed by atoms with E-state index in [0.29, 0.717) is 47.5 Å². The fourth-order valence-electron chi connectivity index (χ4n) is 2.85. The van der Waals surface area contributed by atoms with E-state index in [1.54, 1.807) is 29.2 Å². The summed E-state index contributed by atoms with van der Waals surface area (Å²) < 4.78 is 17.8. The first-order valence-electron chi connectivity index (χ1n) is 8.36. The SMILES string of the molecule is Cc1noc(C)c1Cn1cc(NC(=O)c2cc(Cl)c3c(c2)OCCO3)cn1. The molecule has 140 valence electrons. The number of hydrogen-bond acceptors (Lipinski definition) is 6. The molecule has 0 bridgehead atoms. The van der Waals surface area contributed by atoms with Gasteiger partial charge in [0.1, 0.15) is 19.0 Å². The average molecular weight is 389 g/mol. The summed E-state index contributed by atoms with van der Waals surface area (Å²) in [5, 5.41) is 11.3. The van der Waals surface area contributed by atoms with Gasteiger partial charge in [-0.2, -0.15) is 5.10 Å². The van der Waals surface area contributed by atoms with Crippen molar-refractivity contribution in [2.24, 2.45) is 0 Å². The van der Waals surface area contributed by atoms with Crippen molar-refractivity contribution in [3.8, 4) is 11.5 Å². The van der Waals surface area contributed by atoms with Gasteiger partial charge in [0.25, 0.3) is 5.91 Å². The highest BCUT2D eigenvalue weighted by atomic mass is 35.5. The largest absolute Gasteiger partial charge is 0.486 e. The minimum absolute atomic E-state index is 0.314. The van der Waals surface area contributed by atoms with Gasteiger partial charge < -0.3 is 19.3 Å². The molecule has 0 radical (unpaired) electrons. The maximum atomic E-state index is 12.6. The van der Waals surface area contributed by atoms with Crippen LogP contribution in [0.25, 0.3) is 0 Å². The van der Waals surface area contributed by atoms with Gasteiger partial charge in [-0.3, -0.25) is 9.48 Å². The van der Waals surface area contributed by atoms with Crippen molar-refractivity contribution in [3.63, 3.8) is 0 Å². The quantitative estimate of drug-likeness (QED) is 0.737. The molecule has 3 aromatic rings. The van der Waals surface area contributed by atoms with E-state index in [-0.39, 0.29) is 5.91 Å². The normalized spacial score (nSPS) is 12.9. The minimum atomic E-state index is -0.314. The highest BCUT2D eigenvalue weighted by Gasteiger charge is 2.19. The fourth-order valence-corrected chi connectivity index (χ4v) is 3.11. The first kappa shape index (κ1) is 17.4. The molecule has 0 spiro atoms. The third-order valence-electron chi connectivity index (χ3n) is 4.25. The van der Waals surface area contributed by atoms with Crippen LogP contribution in [0, 0.1) is 13.8 Å². The Hall–Kier alpha value is -3.00. The molecule has 1 N–H and O–H groups in total. The number of ether oxygens (including phenoxy) is 2. The number of rotatable bonds is 4. The van der Waals surface area contributed by atoms with Crippen LogP contribution in [-0.4, -0.2) is 34.1 Å². The predicted molar refractivity (Wildman–Crippen MR) is 97.7 cm³/mol. The smallest absolute Gasteiger partial charge is 0.255 e. The molecule has 1 aliphatic heterocycles. The number of hydrogen-bond donors (Lipinski definition) is 1. The first-order valence-corrected chi connectivity index (χ1v) is 8.74. The molecule has 9 heteroatoms. The molecular formula is C18H17ClN4O4. The van der Waals surface area contributed by atoms with Crippen molar-refractivity contribution in [2.45, 2.75) is 20.4 Å². The Balaban J connectivity index is 1.49. The molecule has 8 nitrogen and oxygen atoms in total. The zero-order chi connectivity index (χ0) is 19.0. The summed E-state index contributed by atoms with van der Waals surface area (Å²) in [6.07, 6.45) is 3.32. The maximum absolute atomic E-state index is 12.6. The van der Waals surface area contributed by atoms with Gasteiger partial charge in [-0.25, -0.2) is 0 Å². The van der Waals surface area contributed by atoms with E-state index in [9.17, 15) is 4.79 Å². The third kappa shape index (κ3) is 3.48. The van der Waals surface area contributed by atoms with Crippen molar-refractivity contribution in [1.82, 2.24) is 14.9 Å². The van der Waals surface area contributed by atoms with E-state index in [1.807, 2.05) is 13.8 Å². The number of anilines is 1. The lowest BCUT2D eigenvalue weighted by molar-refractivity contribution is 0.102. The van der Waals surface area contributed by atoms with E-state index in [2.05, 4.69) is 15.6 Å². The number of fused-ring (bicyclic) bond motifs is 1. The lowest BCUT2D eigenvalue weighted by Gasteiger charge is -2.20. The maximum Gasteiger partial charge on any atom is 0.255 e. The second kappa shape index (κ2) is 6.96. The zero-order valence-electron chi connectivity index (χ0n) is 14.8. The highest BCUT2D eigenvalue weighted by Crippen LogP contribution is 2.38. The number of halogens is 1. The molecule has 27 heavy (non-hydrogen) atoms. The molecule has 2 aromatic heterocycles. The summed E-state index contributed by atoms with van der Waals surface area (Å²) in [6, 6.07) is 3.17. The Morgan fingerprint density at radius 2 is 2.11 bits per heavy atom. The van der Waals surface area contributed by atoms with E-state index < -0.39 is 0 Å². The molecule has 0 fully saturated rings. The van der Waals surface area contributed by atoms with Crippen LogP contribution in [0.3, 0.4) is 0 Å². The fraction of sp³-hybridized carbons (Fsp3) is 0.278. The van der Waals surface area contributed by atoms with Gasteiger partial charge in [-0.1, -0.05) is 16.8 Å². The van der Waals surface area contributed by atoms with Gasteiger partial charge in [0, 0.05) is 17.3 Å². The molecule has 0 atom stereocenters. The number of aromatic nitrogens is 3. The topological polar surface area (TPSA) is 91.4 Å². The van der Waals surface area contributed by atoms with Crippen molar-refractivity contribution in [2.75, 3.05) is 18.5 Å². The number of nitrogens with zero attached hydrogens (tertiary/aromatic N) is 3. The number of carbonyl (C=O) groups is 1. The standard InChI is InChI=1S/C18H17ClN4O4/c1-10-14(11(2)27-22-10)9-23-8-13(7-20-23)21-18(24)12-5-15(19)17-16(6-12)25-3-4-26-17/h5-8H,3-4,9H2,1-2H3,(H,21,24).